The number of hydrogen-bond donors (Lipinski definition) is 0. The molecule has 1 aromatic heterocycles. The van der Waals surface area contributed by atoms with Gasteiger partial charge in [-0.25, -0.2) is 4.98 Å². The van der Waals surface area contributed by atoms with Gasteiger partial charge in [-0.3, -0.25) is 9.36 Å². The summed E-state index contributed by atoms with van der Waals surface area (Å²) in [6.45, 7) is 0.867. The van der Waals surface area contributed by atoms with Gasteiger partial charge in [-0.2, -0.15) is 0 Å². The topological polar surface area (TPSA) is 44.1 Å². The van der Waals surface area contributed by atoms with Crippen LogP contribution in [0.5, 0.6) is 0 Å². The Morgan fingerprint density at radius 2 is 1.84 bits per heavy atom. The Bertz CT molecular complexity index is 939. The molecule has 2 aromatic carbocycles. The van der Waals surface area contributed by atoms with Crippen molar-refractivity contribution < 1.29 is 4.74 Å². The molecule has 130 valence electrons. The highest BCUT2D eigenvalue weighted by molar-refractivity contribution is 7.98. The van der Waals surface area contributed by atoms with Crippen molar-refractivity contribution in [3.63, 3.8) is 0 Å². The standard InChI is InChI=1S/C18H16Cl2N2O2S/c1-24-10-9-22-17(23)12-5-2-3-8-16(12)21-18(22)25-11-13-14(19)6-4-7-15(13)20/h2-8H,9-11H2,1H3. The summed E-state index contributed by atoms with van der Waals surface area (Å²) in [5.74, 6) is 0.524. The molecular weight excluding hydrogens is 379 g/mol. The molecule has 0 atom stereocenters. The van der Waals surface area contributed by atoms with Crippen molar-refractivity contribution in [3.05, 3.63) is 68.4 Å². The van der Waals surface area contributed by atoms with E-state index in [1.165, 1.54) is 11.8 Å². The third-order valence-corrected chi connectivity index (χ3v) is 5.46. The Hall–Kier alpha value is -1.53. The third-order valence-electron chi connectivity index (χ3n) is 3.75. The molecule has 3 aromatic rings. The second kappa shape index (κ2) is 8.23. The van der Waals surface area contributed by atoms with Gasteiger partial charge >= 0.3 is 0 Å². The van der Waals surface area contributed by atoms with E-state index in [9.17, 15) is 4.79 Å². The van der Waals surface area contributed by atoms with E-state index >= 15 is 0 Å². The van der Waals surface area contributed by atoms with Crippen LogP contribution in [0.15, 0.2) is 52.4 Å². The number of nitrogens with zero attached hydrogens (tertiary/aromatic N) is 2. The Balaban J connectivity index is 2.00. The summed E-state index contributed by atoms with van der Waals surface area (Å²) in [5, 5.41) is 2.42. The molecule has 0 aliphatic carbocycles. The lowest BCUT2D eigenvalue weighted by atomic mass is 10.2. The maximum Gasteiger partial charge on any atom is 0.262 e. The van der Waals surface area contributed by atoms with Gasteiger partial charge in [-0.15, -0.1) is 0 Å². The molecule has 0 N–H and O–H groups in total. The number of rotatable bonds is 6. The highest BCUT2D eigenvalue weighted by Gasteiger charge is 2.13. The second-order valence-corrected chi connectivity index (χ2v) is 7.11. The third kappa shape index (κ3) is 4.01. The van der Waals surface area contributed by atoms with Crippen molar-refractivity contribution in [1.29, 1.82) is 0 Å². The van der Waals surface area contributed by atoms with Crippen molar-refractivity contribution in [3.8, 4) is 0 Å². The van der Waals surface area contributed by atoms with Gasteiger partial charge in [0, 0.05) is 22.9 Å². The first-order valence-corrected chi connectivity index (χ1v) is 9.40. The largest absolute Gasteiger partial charge is 0.383 e. The molecule has 0 radical (unpaired) electrons. The number of ether oxygens (including phenoxy) is 1. The minimum Gasteiger partial charge on any atom is -0.383 e. The van der Waals surface area contributed by atoms with Crippen LogP contribution in [-0.2, 0) is 17.0 Å². The van der Waals surface area contributed by atoms with Crippen molar-refractivity contribution in [2.45, 2.75) is 17.5 Å². The average molecular weight is 395 g/mol. The summed E-state index contributed by atoms with van der Waals surface area (Å²) in [6, 6.07) is 12.7. The molecule has 1 heterocycles. The van der Waals surface area contributed by atoms with Gasteiger partial charge < -0.3 is 4.74 Å². The first kappa shape index (κ1) is 18.3. The van der Waals surface area contributed by atoms with Crippen LogP contribution in [0, 0.1) is 0 Å². The summed E-state index contributed by atoms with van der Waals surface area (Å²) in [6.07, 6.45) is 0. The first-order valence-electron chi connectivity index (χ1n) is 7.66. The molecule has 0 spiro atoms. The number of methoxy groups -OCH3 is 1. The minimum absolute atomic E-state index is 0.0737. The van der Waals surface area contributed by atoms with Gasteiger partial charge in [-0.1, -0.05) is 53.2 Å². The number of para-hydroxylation sites is 1. The minimum atomic E-state index is -0.0737. The van der Waals surface area contributed by atoms with Crippen LogP contribution in [0.2, 0.25) is 10.0 Å². The van der Waals surface area contributed by atoms with Gasteiger partial charge in [0.2, 0.25) is 0 Å². The number of aromatic nitrogens is 2. The highest BCUT2D eigenvalue weighted by atomic mass is 35.5. The fraction of sp³-hybridized carbons (Fsp3) is 0.222. The Kier molecular flexibility index (Phi) is 6.02. The van der Waals surface area contributed by atoms with Gasteiger partial charge in [-0.05, 0) is 29.8 Å². The Labute approximate surface area is 159 Å². The lowest BCUT2D eigenvalue weighted by molar-refractivity contribution is 0.183. The zero-order valence-corrected chi connectivity index (χ0v) is 15.9. The number of thioether (sulfide) groups is 1. The molecule has 7 heteroatoms. The summed E-state index contributed by atoms with van der Waals surface area (Å²) >= 11 is 13.9. The summed E-state index contributed by atoms with van der Waals surface area (Å²) in [4.78, 5) is 17.4. The predicted molar refractivity (Wildman–Crippen MR) is 104 cm³/mol. The van der Waals surface area contributed by atoms with Gasteiger partial charge in [0.05, 0.1) is 24.1 Å². The fourth-order valence-corrected chi connectivity index (χ4v) is 4.21. The summed E-state index contributed by atoms with van der Waals surface area (Å²) in [5.41, 5.74) is 1.43. The fourth-order valence-electron chi connectivity index (χ4n) is 2.44. The lowest BCUT2D eigenvalue weighted by Crippen LogP contribution is -2.25. The quantitative estimate of drug-likeness (QED) is 0.451. The first-order chi connectivity index (χ1) is 12.1. The second-order valence-electron chi connectivity index (χ2n) is 5.35. The molecule has 0 bridgehead atoms. The molecule has 0 aliphatic heterocycles. The van der Waals surface area contributed by atoms with Crippen LogP contribution < -0.4 is 5.56 Å². The number of halogens is 2. The van der Waals surface area contributed by atoms with Crippen LogP contribution >= 0.6 is 35.0 Å². The van der Waals surface area contributed by atoms with Crippen LogP contribution in [0.25, 0.3) is 10.9 Å². The maximum absolute atomic E-state index is 12.8. The molecule has 0 aliphatic rings. The van der Waals surface area contributed by atoms with Crippen LogP contribution in [0.4, 0.5) is 0 Å². The van der Waals surface area contributed by atoms with Crippen molar-refractivity contribution in [2.24, 2.45) is 0 Å². The van der Waals surface area contributed by atoms with Crippen LogP contribution in [-0.4, -0.2) is 23.3 Å². The monoisotopic (exact) mass is 394 g/mol. The molecular formula is C18H16Cl2N2O2S. The summed E-state index contributed by atoms with van der Waals surface area (Å²) < 4.78 is 6.77. The molecule has 25 heavy (non-hydrogen) atoms. The molecule has 4 nitrogen and oxygen atoms in total. The van der Waals surface area contributed by atoms with Crippen LogP contribution in [0.1, 0.15) is 5.56 Å². The van der Waals surface area contributed by atoms with Gasteiger partial charge in [0.25, 0.3) is 5.56 Å². The van der Waals surface area contributed by atoms with Gasteiger partial charge in [0.1, 0.15) is 0 Å². The van der Waals surface area contributed by atoms with E-state index in [2.05, 4.69) is 4.98 Å². The van der Waals surface area contributed by atoms with E-state index in [-0.39, 0.29) is 5.56 Å². The highest BCUT2D eigenvalue weighted by Crippen LogP contribution is 2.31. The van der Waals surface area contributed by atoms with Crippen molar-refractivity contribution in [2.75, 3.05) is 13.7 Å². The molecule has 0 amide bonds. The van der Waals surface area contributed by atoms with E-state index in [1.54, 1.807) is 29.9 Å². The summed E-state index contributed by atoms with van der Waals surface area (Å²) in [7, 11) is 1.61. The van der Waals surface area contributed by atoms with E-state index in [0.29, 0.717) is 45.0 Å². The zero-order valence-electron chi connectivity index (χ0n) is 13.5. The molecule has 0 saturated carbocycles. The van der Waals surface area contributed by atoms with Crippen LogP contribution in [0.3, 0.4) is 0 Å². The normalized spacial score (nSPS) is 11.2. The van der Waals surface area contributed by atoms with Crippen molar-refractivity contribution in [1.82, 2.24) is 9.55 Å². The SMILES string of the molecule is COCCn1c(SCc2c(Cl)cccc2Cl)nc2ccccc2c1=O. The Morgan fingerprint density at radius 3 is 2.56 bits per heavy atom. The smallest absolute Gasteiger partial charge is 0.262 e. The number of fused-ring (bicyclic) bond motifs is 1. The zero-order chi connectivity index (χ0) is 17.8. The van der Waals surface area contributed by atoms with E-state index in [4.69, 9.17) is 27.9 Å². The molecule has 0 saturated heterocycles. The van der Waals surface area contributed by atoms with E-state index in [0.717, 1.165) is 5.56 Å². The predicted octanol–water partition coefficient (Wildman–Crippen LogP) is 4.64. The number of hydrogen-bond acceptors (Lipinski definition) is 4. The number of benzene rings is 2. The molecule has 0 fully saturated rings. The average Bonchev–Trinajstić information content (AvgIpc) is 2.61. The van der Waals surface area contributed by atoms with Crippen molar-refractivity contribution >= 4 is 45.9 Å². The Morgan fingerprint density at radius 1 is 1.12 bits per heavy atom. The van der Waals surface area contributed by atoms with E-state index in [1.807, 2.05) is 24.3 Å². The van der Waals surface area contributed by atoms with E-state index < -0.39 is 0 Å². The maximum atomic E-state index is 12.8. The van der Waals surface area contributed by atoms with Gasteiger partial charge in [0.15, 0.2) is 5.16 Å². The lowest BCUT2D eigenvalue weighted by Gasteiger charge is -2.13. The molecule has 0 unspecified atom stereocenters. The molecule has 3 rings (SSSR count).